The fourth-order valence-corrected chi connectivity index (χ4v) is 3.38. The van der Waals surface area contributed by atoms with Crippen LogP contribution in [0.1, 0.15) is 37.8 Å². The third-order valence-electron chi connectivity index (χ3n) is 4.42. The second-order valence-electron chi connectivity index (χ2n) is 5.83. The summed E-state index contributed by atoms with van der Waals surface area (Å²) in [6.45, 7) is 6.90. The summed E-state index contributed by atoms with van der Waals surface area (Å²) in [5, 5.41) is 0. The molecule has 3 rings (SSSR count). The minimum atomic E-state index is 0.797. The SMILES string of the molecule is Cc1cncc(N2CCCC(N3CCCC3)CC2)n1. The molecule has 0 saturated carbocycles. The monoisotopic (exact) mass is 260 g/mol. The second-order valence-corrected chi connectivity index (χ2v) is 5.83. The van der Waals surface area contributed by atoms with Gasteiger partial charge in [-0.25, -0.2) is 4.98 Å². The standard InChI is InChI=1S/C15H24N4/c1-13-11-16-12-15(17-13)19-9-4-5-14(6-10-19)18-7-2-3-8-18/h11-12,14H,2-10H2,1H3. The van der Waals surface area contributed by atoms with Gasteiger partial charge in [0.25, 0.3) is 0 Å². The first-order valence-electron chi connectivity index (χ1n) is 7.60. The Hall–Kier alpha value is -1.16. The summed E-state index contributed by atoms with van der Waals surface area (Å²) in [5.41, 5.74) is 1.01. The summed E-state index contributed by atoms with van der Waals surface area (Å²) in [7, 11) is 0. The minimum absolute atomic E-state index is 0.797. The molecule has 2 saturated heterocycles. The van der Waals surface area contributed by atoms with Crippen LogP contribution < -0.4 is 4.90 Å². The van der Waals surface area contributed by atoms with E-state index < -0.39 is 0 Å². The van der Waals surface area contributed by atoms with Gasteiger partial charge in [0.05, 0.1) is 11.9 Å². The van der Waals surface area contributed by atoms with Gasteiger partial charge in [-0.2, -0.15) is 0 Å². The number of rotatable bonds is 2. The Kier molecular flexibility index (Phi) is 3.97. The molecule has 104 valence electrons. The Balaban J connectivity index is 1.63. The molecule has 4 nitrogen and oxygen atoms in total. The molecule has 19 heavy (non-hydrogen) atoms. The predicted molar refractivity (Wildman–Crippen MR) is 77.4 cm³/mol. The van der Waals surface area contributed by atoms with E-state index >= 15 is 0 Å². The number of hydrogen-bond acceptors (Lipinski definition) is 4. The van der Waals surface area contributed by atoms with Crippen LogP contribution in [-0.4, -0.2) is 47.1 Å². The van der Waals surface area contributed by atoms with Gasteiger partial charge < -0.3 is 9.80 Å². The summed E-state index contributed by atoms with van der Waals surface area (Å²) < 4.78 is 0. The van der Waals surface area contributed by atoms with Crippen LogP contribution in [-0.2, 0) is 0 Å². The fraction of sp³-hybridized carbons (Fsp3) is 0.733. The highest BCUT2D eigenvalue weighted by Gasteiger charge is 2.25. The molecule has 0 N–H and O–H groups in total. The van der Waals surface area contributed by atoms with Crippen LogP contribution in [0.4, 0.5) is 5.82 Å². The van der Waals surface area contributed by atoms with Crippen molar-refractivity contribution < 1.29 is 0 Å². The molecular weight excluding hydrogens is 236 g/mol. The normalized spacial score (nSPS) is 25.5. The Morgan fingerprint density at radius 2 is 1.84 bits per heavy atom. The Labute approximate surface area is 115 Å². The Bertz CT molecular complexity index is 414. The Morgan fingerprint density at radius 1 is 1.00 bits per heavy atom. The Morgan fingerprint density at radius 3 is 2.63 bits per heavy atom. The molecular formula is C15H24N4. The average molecular weight is 260 g/mol. The largest absolute Gasteiger partial charge is 0.355 e. The topological polar surface area (TPSA) is 32.3 Å². The van der Waals surface area contributed by atoms with Gasteiger partial charge in [0.2, 0.25) is 0 Å². The predicted octanol–water partition coefficient (Wildman–Crippen LogP) is 2.24. The smallest absolute Gasteiger partial charge is 0.147 e. The highest BCUT2D eigenvalue weighted by Crippen LogP contribution is 2.23. The molecule has 0 spiro atoms. The van der Waals surface area contributed by atoms with Gasteiger partial charge in [-0.3, -0.25) is 4.98 Å². The van der Waals surface area contributed by atoms with Gasteiger partial charge >= 0.3 is 0 Å². The van der Waals surface area contributed by atoms with Crippen LogP contribution in [0.2, 0.25) is 0 Å². The first kappa shape index (κ1) is 12.9. The van der Waals surface area contributed by atoms with E-state index in [0.29, 0.717) is 0 Å². The summed E-state index contributed by atoms with van der Waals surface area (Å²) in [6, 6.07) is 0.797. The number of hydrogen-bond donors (Lipinski definition) is 0. The third kappa shape index (κ3) is 3.06. The van der Waals surface area contributed by atoms with Crippen molar-refractivity contribution in [2.45, 2.75) is 45.1 Å². The zero-order valence-electron chi connectivity index (χ0n) is 11.9. The molecule has 1 atom stereocenters. The van der Waals surface area contributed by atoms with E-state index in [1.165, 1.54) is 45.2 Å². The van der Waals surface area contributed by atoms with Crippen molar-refractivity contribution in [1.29, 1.82) is 0 Å². The molecule has 0 aromatic carbocycles. The van der Waals surface area contributed by atoms with Crippen molar-refractivity contribution in [3.63, 3.8) is 0 Å². The lowest BCUT2D eigenvalue weighted by atomic mass is 10.1. The molecule has 0 amide bonds. The van der Waals surface area contributed by atoms with E-state index in [-0.39, 0.29) is 0 Å². The van der Waals surface area contributed by atoms with Gasteiger partial charge in [-0.05, 0) is 52.1 Å². The third-order valence-corrected chi connectivity index (χ3v) is 4.42. The maximum atomic E-state index is 4.61. The molecule has 1 aromatic rings. The number of aryl methyl sites for hydroxylation is 1. The quantitative estimate of drug-likeness (QED) is 0.816. The van der Waals surface area contributed by atoms with Crippen LogP contribution in [0.5, 0.6) is 0 Å². The number of likely N-dealkylation sites (tertiary alicyclic amines) is 1. The van der Waals surface area contributed by atoms with Gasteiger partial charge in [-0.15, -0.1) is 0 Å². The van der Waals surface area contributed by atoms with Gasteiger partial charge in [0.1, 0.15) is 5.82 Å². The van der Waals surface area contributed by atoms with Crippen LogP contribution in [0.25, 0.3) is 0 Å². The highest BCUT2D eigenvalue weighted by molar-refractivity contribution is 5.36. The van der Waals surface area contributed by atoms with E-state index in [4.69, 9.17) is 0 Å². The van der Waals surface area contributed by atoms with Crippen molar-refractivity contribution in [1.82, 2.24) is 14.9 Å². The van der Waals surface area contributed by atoms with Crippen LogP contribution in [0.3, 0.4) is 0 Å². The molecule has 4 heteroatoms. The van der Waals surface area contributed by atoms with Gasteiger partial charge in [0, 0.05) is 25.3 Å². The maximum absolute atomic E-state index is 4.61. The molecule has 3 heterocycles. The highest BCUT2D eigenvalue weighted by atomic mass is 15.2. The summed E-state index contributed by atoms with van der Waals surface area (Å²) in [5.74, 6) is 1.06. The van der Waals surface area contributed by atoms with E-state index in [0.717, 1.165) is 30.6 Å². The number of aromatic nitrogens is 2. The lowest BCUT2D eigenvalue weighted by Crippen LogP contribution is -2.34. The molecule has 1 unspecified atom stereocenters. The summed E-state index contributed by atoms with van der Waals surface area (Å²) in [4.78, 5) is 14.0. The van der Waals surface area contributed by atoms with E-state index in [2.05, 4.69) is 19.8 Å². The first-order valence-corrected chi connectivity index (χ1v) is 7.60. The molecule has 2 fully saturated rings. The van der Waals surface area contributed by atoms with E-state index in [1.807, 2.05) is 19.3 Å². The van der Waals surface area contributed by atoms with Crippen molar-refractivity contribution in [2.75, 3.05) is 31.1 Å². The summed E-state index contributed by atoms with van der Waals surface area (Å²) >= 11 is 0. The van der Waals surface area contributed by atoms with E-state index in [9.17, 15) is 0 Å². The number of anilines is 1. The number of nitrogens with zero attached hydrogens (tertiary/aromatic N) is 4. The molecule has 2 aliphatic rings. The lowest BCUT2D eigenvalue weighted by molar-refractivity contribution is 0.225. The van der Waals surface area contributed by atoms with Crippen LogP contribution >= 0.6 is 0 Å². The van der Waals surface area contributed by atoms with Crippen molar-refractivity contribution in [2.24, 2.45) is 0 Å². The maximum Gasteiger partial charge on any atom is 0.147 e. The van der Waals surface area contributed by atoms with Crippen LogP contribution in [0.15, 0.2) is 12.4 Å². The zero-order chi connectivity index (χ0) is 13.1. The van der Waals surface area contributed by atoms with Crippen molar-refractivity contribution in [3.8, 4) is 0 Å². The van der Waals surface area contributed by atoms with Gasteiger partial charge in [-0.1, -0.05) is 0 Å². The fourth-order valence-electron chi connectivity index (χ4n) is 3.38. The molecule has 2 aliphatic heterocycles. The molecule has 0 aliphatic carbocycles. The molecule has 0 bridgehead atoms. The average Bonchev–Trinajstić information content (AvgIpc) is 2.83. The molecule has 0 radical (unpaired) electrons. The van der Waals surface area contributed by atoms with Crippen molar-refractivity contribution >= 4 is 5.82 Å². The second kappa shape index (κ2) is 5.87. The van der Waals surface area contributed by atoms with Crippen molar-refractivity contribution in [3.05, 3.63) is 18.1 Å². The molecule has 1 aromatic heterocycles. The first-order chi connectivity index (χ1) is 9.33. The summed E-state index contributed by atoms with van der Waals surface area (Å²) in [6.07, 6.45) is 10.4. The van der Waals surface area contributed by atoms with Crippen LogP contribution in [0, 0.1) is 6.92 Å². The lowest BCUT2D eigenvalue weighted by Gasteiger charge is -2.26. The van der Waals surface area contributed by atoms with Gasteiger partial charge in [0.15, 0.2) is 0 Å². The minimum Gasteiger partial charge on any atom is -0.355 e. The van der Waals surface area contributed by atoms with E-state index in [1.54, 1.807) is 0 Å². The zero-order valence-corrected chi connectivity index (χ0v) is 11.9.